The molecule has 3 rings (SSSR count). The largest absolute Gasteiger partial charge is 0.330 e. The fourth-order valence-corrected chi connectivity index (χ4v) is 4.35. The van der Waals surface area contributed by atoms with Crippen LogP contribution in [0, 0.1) is 6.92 Å². The zero-order valence-corrected chi connectivity index (χ0v) is 15.6. The van der Waals surface area contributed by atoms with Gasteiger partial charge >= 0.3 is 0 Å². The summed E-state index contributed by atoms with van der Waals surface area (Å²) >= 11 is 2.83. The summed E-state index contributed by atoms with van der Waals surface area (Å²) in [6.07, 6.45) is 0. The van der Waals surface area contributed by atoms with E-state index in [0.717, 1.165) is 14.9 Å². The number of aryl methyl sites for hydroxylation is 1. The molecule has 0 saturated carbocycles. The first kappa shape index (κ1) is 17.2. The van der Waals surface area contributed by atoms with Gasteiger partial charge in [-0.15, -0.1) is 10.2 Å². The van der Waals surface area contributed by atoms with Gasteiger partial charge in [0.1, 0.15) is 0 Å². The number of hydrogen-bond acceptors (Lipinski definition) is 7. The average molecular weight is 398 g/mol. The number of anilines is 2. The van der Waals surface area contributed by atoms with Crippen molar-refractivity contribution in [1.29, 1.82) is 0 Å². The third-order valence-corrected chi connectivity index (χ3v) is 6.29. The third kappa shape index (κ3) is 4.47. The number of nitrogens with one attached hydrogen (secondary N) is 1. The molecule has 0 atom stereocenters. The molecule has 0 spiro atoms. The highest BCUT2D eigenvalue weighted by Gasteiger charge is 2.11. The summed E-state index contributed by atoms with van der Waals surface area (Å²) in [5.74, 6) is 0. The second kappa shape index (κ2) is 7.10. The highest BCUT2D eigenvalue weighted by atomic mass is 35.7. The fraction of sp³-hybridized carbons (Fsp3) is 0.0667. The maximum atomic E-state index is 11.2. The van der Waals surface area contributed by atoms with Gasteiger partial charge in [0.2, 0.25) is 5.13 Å². The van der Waals surface area contributed by atoms with Crippen LogP contribution in [-0.4, -0.2) is 18.6 Å². The Labute approximate surface area is 152 Å². The molecule has 0 saturated heterocycles. The van der Waals surface area contributed by atoms with E-state index in [0.29, 0.717) is 5.13 Å². The van der Waals surface area contributed by atoms with Crippen molar-refractivity contribution in [3.8, 4) is 0 Å². The lowest BCUT2D eigenvalue weighted by molar-refractivity contribution is 0.609. The molecule has 3 aromatic rings. The summed E-state index contributed by atoms with van der Waals surface area (Å²) in [6.45, 7) is 2.03. The van der Waals surface area contributed by atoms with Gasteiger partial charge in [-0.2, -0.15) is 0 Å². The standard InChI is InChI=1S/C15H12ClN3O2S3/c1-10-2-4-11(5-3-10)17-14-18-19-15(23-14)22-12-6-8-13(9-7-12)24(16,20)21/h2-9H,1H3,(H,17,18). The summed E-state index contributed by atoms with van der Waals surface area (Å²) in [4.78, 5) is 0.935. The zero-order valence-electron chi connectivity index (χ0n) is 12.4. The van der Waals surface area contributed by atoms with E-state index in [1.165, 1.54) is 40.8 Å². The van der Waals surface area contributed by atoms with Gasteiger partial charge in [0.05, 0.1) is 4.90 Å². The highest BCUT2D eigenvalue weighted by Crippen LogP contribution is 2.33. The molecular formula is C15H12ClN3O2S3. The molecule has 2 aromatic carbocycles. The Hall–Kier alpha value is -1.61. The summed E-state index contributed by atoms with van der Waals surface area (Å²) in [7, 11) is 1.60. The Balaban J connectivity index is 1.68. The van der Waals surface area contributed by atoms with Gasteiger partial charge in [-0.25, -0.2) is 8.42 Å². The van der Waals surface area contributed by atoms with Crippen LogP contribution < -0.4 is 5.32 Å². The van der Waals surface area contributed by atoms with Crippen LogP contribution in [-0.2, 0) is 9.05 Å². The van der Waals surface area contributed by atoms with Crippen LogP contribution in [0.2, 0.25) is 0 Å². The minimum Gasteiger partial charge on any atom is -0.330 e. The Bertz CT molecular complexity index is 939. The Morgan fingerprint density at radius 1 is 1.04 bits per heavy atom. The lowest BCUT2D eigenvalue weighted by Crippen LogP contribution is -1.89. The van der Waals surface area contributed by atoms with Crippen LogP contribution in [0.1, 0.15) is 5.56 Å². The smallest absolute Gasteiger partial charge is 0.261 e. The molecule has 0 aliphatic heterocycles. The molecular weight excluding hydrogens is 386 g/mol. The molecule has 0 unspecified atom stereocenters. The van der Waals surface area contributed by atoms with E-state index in [4.69, 9.17) is 10.7 Å². The second-order valence-electron chi connectivity index (χ2n) is 4.88. The van der Waals surface area contributed by atoms with E-state index in [-0.39, 0.29) is 4.90 Å². The molecule has 0 radical (unpaired) electrons. The SMILES string of the molecule is Cc1ccc(Nc2nnc(Sc3ccc(S(=O)(=O)Cl)cc3)s2)cc1. The molecule has 9 heteroatoms. The number of rotatable bonds is 5. The molecule has 0 fully saturated rings. The van der Waals surface area contributed by atoms with Gasteiger partial charge in [0.25, 0.3) is 9.05 Å². The fourth-order valence-electron chi connectivity index (χ4n) is 1.83. The molecule has 1 aromatic heterocycles. The highest BCUT2D eigenvalue weighted by molar-refractivity contribution is 8.13. The monoisotopic (exact) mass is 397 g/mol. The minimum absolute atomic E-state index is 0.0764. The number of hydrogen-bond donors (Lipinski definition) is 1. The lowest BCUT2D eigenvalue weighted by Gasteiger charge is -2.01. The van der Waals surface area contributed by atoms with E-state index in [9.17, 15) is 8.42 Å². The van der Waals surface area contributed by atoms with Gasteiger partial charge in [-0.3, -0.25) is 0 Å². The topological polar surface area (TPSA) is 72.0 Å². The molecule has 24 heavy (non-hydrogen) atoms. The summed E-state index contributed by atoms with van der Waals surface area (Å²) in [5, 5.41) is 12.1. The van der Waals surface area contributed by atoms with E-state index in [1.54, 1.807) is 12.1 Å². The van der Waals surface area contributed by atoms with Gasteiger partial charge in [-0.1, -0.05) is 40.8 Å². The van der Waals surface area contributed by atoms with Crippen LogP contribution in [0.3, 0.4) is 0 Å². The maximum Gasteiger partial charge on any atom is 0.261 e. The van der Waals surface area contributed by atoms with Crippen molar-refractivity contribution >= 4 is 53.7 Å². The maximum absolute atomic E-state index is 11.2. The minimum atomic E-state index is -3.70. The van der Waals surface area contributed by atoms with Gasteiger partial charge in [-0.05, 0) is 43.3 Å². The van der Waals surface area contributed by atoms with E-state index in [1.807, 2.05) is 31.2 Å². The lowest BCUT2D eigenvalue weighted by atomic mass is 10.2. The predicted molar refractivity (Wildman–Crippen MR) is 98.0 cm³/mol. The van der Waals surface area contributed by atoms with Crippen molar-refractivity contribution in [2.45, 2.75) is 21.1 Å². The molecule has 1 N–H and O–H groups in total. The first-order valence-corrected chi connectivity index (χ1v) is 10.7. The zero-order chi connectivity index (χ0) is 17.2. The summed E-state index contributed by atoms with van der Waals surface area (Å²) in [5.41, 5.74) is 2.14. The molecule has 5 nitrogen and oxygen atoms in total. The molecule has 0 bridgehead atoms. The van der Waals surface area contributed by atoms with Gasteiger partial charge in [0, 0.05) is 21.3 Å². The Morgan fingerprint density at radius 3 is 2.33 bits per heavy atom. The molecule has 1 heterocycles. The van der Waals surface area contributed by atoms with Crippen LogP contribution in [0.4, 0.5) is 10.8 Å². The summed E-state index contributed by atoms with van der Waals surface area (Å²) in [6, 6.07) is 14.3. The van der Waals surface area contributed by atoms with Gasteiger partial charge < -0.3 is 5.32 Å². The number of benzene rings is 2. The average Bonchev–Trinajstić information content (AvgIpc) is 2.96. The first-order chi connectivity index (χ1) is 11.4. The Morgan fingerprint density at radius 2 is 1.71 bits per heavy atom. The van der Waals surface area contributed by atoms with Crippen molar-refractivity contribution in [1.82, 2.24) is 10.2 Å². The first-order valence-electron chi connectivity index (χ1n) is 6.80. The third-order valence-electron chi connectivity index (χ3n) is 3.02. The van der Waals surface area contributed by atoms with Crippen molar-refractivity contribution in [3.63, 3.8) is 0 Å². The predicted octanol–water partition coefficient (Wildman–Crippen LogP) is 4.67. The van der Waals surface area contributed by atoms with Crippen molar-refractivity contribution in [2.75, 3.05) is 5.32 Å². The van der Waals surface area contributed by atoms with Crippen molar-refractivity contribution in [2.24, 2.45) is 0 Å². The van der Waals surface area contributed by atoms with Crippen LogP contribution >= 0.6 is 33.8 Å². The van der Waals surface area contributed by atoms with Crippen LogP contribution in [0.5, 0.6) is 0 Å². The summed E-state index contributed by atoms with van der Waals surface area (Å²) < 4.78 is 23.2. The molecule has 0 aliphatic rings. The number of halogens is 1. The van der Waals surface area contributed by atoms with Crippen LogP contribution in [0.15, 0.2) is 62.7 Å². The number of aromatic nitrogens is 2. The van der Waals surface area contributed by atoms with E-state index >= 15 is 0 Å². The normalized spacial score (nSPS) is 11.4. The Kier molecular flexibility index (Phi) is 5.09. The van der Waals surface area contributed by atoms with Gasteiger partial charge in [0.15, 0.2) is 4.34 Å². The number of nitrogens with zero attached hydrogens (tertiary/aromatic N) is 2. The van der Waals surface area contributed by atoms with E-state index < -0.39 is 9.05 Å². The van der Waals surface area contributed by atoms with E-state index in [2.05, 4.69) is 15.5 Å². The van der Waals surface area contributed by atoms with Crippen molar-refractivity contribution < 1.29 is 8.42 Å². The molecule has 0 amide bonds. The molecule has 124 valence electrons. The van der Waals surface area contributed by atoms with Crippen molar-refractivity contribution in [3.05, 3.63) is 54.1 Å². The van der Waals surface area contributed by atoms with Crippen LogP contribution in [0.25, 0.3) is 0 Å². The second-order valence-corrected chi connectivity index (χ2v) is 9.74. The quantitative estimate of drug-likeness (QED) is 0.631. The molecule has 0 aliphatic carbocycles.